The Bertz CT molecular complexity index is 890. The number of fused-ring (bicyclic) bond motifs is 1. The van der Waals surface area contributed by atoms with Gasteiger partial charge in [-0.2, -0.15) is 18.3 Å². The molecule has 26 heavy (non-hydrogen) atoms. The van der Waals surface area contributed by atoms with Crippen molar-refractivity contribution in [3.05, 3.63) is 57.9 Å². The van der Waals surface area contributed by atoms with E-state index in [1.807, 2.05) is 0 Å². The van der Waals surface area contributed by atoms with E-state index in [-0.39, 0.29) is 22.8 Å². The molecule has 0 spiro atoms. The van der Waals surface area contributed by atoms with Crippen LogP contribution in [0.15, 0.2) is 41.7 Å². The van der Waals surface area contributed by atoms with Crippen molar-refractivity contribution in [3.63, 3.8) is 0 Å². The van der Waals surface area contributed by atoms with Crippen LogP contribution in [0, 0.1) is 0 Å². The molecular formula is C17H15ClF3N3O2. The average molecular weight is 386 g/mol. The molecule has 1 N–H and O–H groups in total. The van der Waals surface area contributed by atoms with Crippen LogP contribution in [0.2, 0.25) is 5.02 Å². The Morgan fingerprint density at radius 3 is 2.73 bits per heavy atom. The number of benzene rings is 1. The molecule has 1 atom stereocenters. The summed E-state index contributed by atoms with van der Waals surface area (Å²) in [6.45, 7) is 3.30. The molecule has 1 aromatic heterocycles. The fourth-order valence-electron chi connectivity index (χ4n) is 2.98. The topological polar surface area (TPSA) is 56.1 Å². The van der Waals surface area contributed by atoms with E-state index in [1.54, 1.807) is 13.8 Å². The SMILES string of the molecule is CCOC(=O)C1=C(C)Nc2c(Cl)cnn2C1c1ccccc1C(F)(F)F. The van der Waals surface area contributed by atoms with Crippen molar-refractivity contribution in [2.75, 3.05) is 11.9 Å². The second-order valence-electron chi connectivity index (χ2n) is 5.66. The predicted octanol–water partition coefficient (Wildman–Crippen LogP) is 4.41. The molecule has 3 rings (SSSR count). The highest BCUT2D eigenvalue weighted by Crippen LogP contribution is 2.43. The zero-order valence-corrected chi connectivity index (χ0v) is 14.6. The van der Waals surface area contributed by atoms with E-state index in [4.69, 9.17) is 16.3 Å². The van der Waals surface area contributed by atoms with Gasteiger partial charge in [0, 0.05) is 5.70 Å². The van der Waals surface area contributed by atoms with Crippen LogP contribution >= 0.6 is 11.6 Å². The van der Waals surface area contributed by atoms with Gasteiger partial charge in [0.2, 0.25) is 0 Å². The maximum absolute atomic E-state index is 13.6. The fraction of sp³-hybridized carbons (Fsp3) is 0.294. The summed E-state index contributed by atoms with van der Waals surface area (Å²) >= 11 is 6.09. The second-order valence-corrected chi connectivity index (χ2v) is 6.06. The number of alkyl halides is 3. The normalized spacial score (nSPS) is 16.9. The van der Waals surface area contributed by atoms with Crippen LogP contribution in [-0.2, 0) is 15.7 Å². The van der Waals surface area contributed by atoms with Crippen molar-refractivity contribution in [3.8, 4) is 0 Å². The summed E-state index contributed by atoms with van der Waals surface area (Å²) in [4.78, 5) is 12.5. The van der Waals surface area contributed by atoms with E-state index in [2.05, 4.69) is 10.4 Å². The molecule has 5 nitrogen and oxygen atoms in total. The molecule has 9 heteroatoms. The second kappa shape index (κ2) is 6.68. The quantitative estimate of drug-likeness (QED) is 0.795. The number of carbonyl (C=O) groups is 1. The highest BCUT2D eigenvalue weighted by Gasteiger charge is 2.41. The van der Waals surface area contributed by atoms with Crippen LogP contribution in [0.25, 0.3) is 0 Å². The summed E-state index contributed by atoms with van der Waals surface area (Å²) in [6, 6.07) is 3.96. The number of hydrogen-bond donors (Lipinski definition) is 1. The lowest BCUT2D eigenvalue weighted by molar-refractivity contribution is -0.141. The van der Waals surface area contributed by atoms with Crippen LogP contribution in [0.5, 0.6) is 0 Å². The predicted molar refractivity (Wildman–Crippen MR) is 89.8 cm³/mol. The Labute approximate surface area is 152 Å². The van der Waals surface area contributed by atoms with Gasteiger partial charge in [-0.15, -0.1) is 0 Å². The van der Waals surface area contributed by atoms with Crippen LogP contribution in [0.4, 0.5) is 19.0 Å². The first-order valence-electron chi connectivity index (χ1n) is 7.79. The van der Waals surface area contributed by atoms with Gasteiger partial charge in [0.25, 0.3) is 0 Å². The lowest BCUT2D eigenvalue weighted by Crippen LogP contribution is -2.31. The van der Waals surface area contributed by atoms with Gasteiger partial charge in [0.05, 0.1) is 23.9 Å². The third-order valence-electron chi connectivity index (χ3n) is 4.03. The first-order chi connectivity index (χ1) is 12.3. The highest BCUT2D eigenvalue weighted by molar-refractivity contribution is 6.33. The molecule has 2 aromatic rings. The molecule has 0 radical (unpaired) electrons. The lowest BCUT2D eigenvalue weighted by Gasteiger charge is -2.30. The summed E-state index contributed by atoms with van der Waals surface area (Å²) in [5.41, 5.74) is -0.542. The van der Waals surface area contributed by atoms with Gasteiger partial charge >= 0.3 is 12.1 Å². The minimum atomic E-state index is -4.59. The number of ether oxygens (including phenoxy) is 1. The van der Waals surface area contributed by atoms with Crippen molar-refractivity contribution in [1.82, 2.24) is 9.78 Å². The standard InChI is InChI=1S/C17H15ClF3N3O2/c1-3-26-16(25)13-9(2)23-15-12(18)8-22-24(15)14(13)10-6-4-5-7-11(10)17(19,20)21/h4-8,14,23H,3H2,1-2H3. The third-order valence-corrected chi connectivity index (χ3v) is 4.31. The number of aromatic nitrogens is 2. The number of anilines is 1. The molecule has 0 saturated carbocycles. The third kappa shape index (κ3) is 3.05. The summed E-state index contributed by atoms with van der Waals surface area (Å²) in [5, 5.41) is 7.24. The number of rotatable bonds is 3. The van der Waals surface area contributed by atoms with Crippen molar-refractivity contribution in [2.24, 2.45) is 0 Å². The van der Waals surface area contributed by atoms with Gasteiger partial charge in [-0.3, -0.25) is 0 Å². The Hall–Kier alpha value is -2.48. The van der Waals surface area contributed by atoms with Crippen LogP contribution < -0.4 is 5.32 Å². The van der Waals surface area contributed by atoms with Crippen LogP contribution in [0.1, 0.15) is 31.0 Å². The molecular weight excluding hydrogens is 371 g/mol. The first-order valence-corrected chi connectivity index (χ1v) is 8.17. The average Bonchev–Trinajstić information content (AvgIpc) is 2.94. The number of carbonyl (C=O) groups excluding carboxylic acids is 1. The lowest BCUT2D eigenvalue weighted by atomic mass is 9.91. The van der Waals surface area contributed by atoms with E-state index < -0.39 is 23.8 Å². The van der Waals surface area contributed by atoms with Crippen molar-refractivity contribution in [2.45, 2.75) is 26.1 Å². The molecule has 0 aliphatic carbocycles. The van der Waals surface area contributed by atoms with Gasteiger partial charge in [0.15, 0.2) is 0 Å². The van der Waals surface area contributed by atoms with Gasteiger partial charge < -0.3 is 10.1 Å². The highest BCUT2D eigenvalue weighted by atomic mass is 35.5. The van der Waals surface area contributed by atoms with Gasteiger partial charge in [0.1, 0.15) is 16.9 Å². The van der Waals surface area contributed by atoms with Gasteiger partial charge in [-0.1, -0.05) is 29.8 Å². The monoisotopic (exact) mass is 385 g/mol. The number of nitrogens with zero attached hydrogens (tertiary/aromatic N) is 2. The van der Waals surface area contributed by atoms with Crippen molar-refractivity contribution in [1.29, 1.82) is 0 Å². The van der Waals surface area contributed by atoms with E-state index in [1.165, 1.54) is 29.1 Å². The Kier molecular flexibility index (Phi) is 4.70. The zero-order chi connectivity index (χ0) is 19.1. The number of hydrogen-bond acceptors (Lipinski definition) is 4. The Morgan fingerprint density at radius 2 is 2.08 bits per heavy atom. The molecule has 1 aromatic carbocycles. The Balaban J connectivity index is 2.27. The molecule has 0 saturated heterocycles. The number of allylic oxidation sites excluding steroid dienone is 1. The van der Waals surface area contributed by atoms with E-state index in [0.717, 1.165) is 6.07 Å². The molecule has 0 fully saturated rings. The maximum atomic E-state index is 13.6. The minimum absolute atomic E-state index is 0.0517. The number of esters is 1. The van der Waals surface area contributed by atoms with E-state index in [0.29, 0.717) is 11.5 Å². The summed E-state index contributed by atoms with van der Waals surface area (Å²) < 4.78 is 47.0. The molecule has 2 heterocycles. The van der Waals surface area contributed by atoms with Crippen LogP contribution in [0.3, 0.4) is 0 Å². The van der Waals surface area contributed by atoms with E-state index in [9.17, 15) is 18.0 Å². The zero-order valence-electron chi connectivity index (χ0n) is 13.9. The molecule has 1 aliphatic heterocycles. The van der Waals surface area contributed by atoms with Crippen molar-refractivity contribution < 1.29 is 22.7 Å². The first kappa shape index (κ1) is 18.3. The molecule has 0 bridgehead atoms. The van der Waals surface area contributed by atoms with Gasteiger partial charge in [-0.25, -0.2) is 9.48 Å². The fourth-order valence-corrected chi connectivity index (χ4v) is 3.16. The largest absolute Gasteiger partial charge is 0.463 e. The molecule has 0 amide bonds. The maximum Gasteiger partial charge on any atom is 0.416 e. The minimum Gasteiger partial charge on any atom is -0.463 e. The summed E-state index contributed by atoms with van der Waals surface area (Å²) in [5.74, 6) is -0.393. The van der Waals surface area contributed by atoms with Gasteiger partial charge in [-0.05, 0) is 25.5 Å². The number of nitrogens with one attached hydrogen (secondary N) is 1. The number of halogens is 4. The molecule has 1 aliphatic rings. The summed E-state index contributed by atoms with van der Waals surface area (Å²) in [7, 11) is 0. The van der Waals surface area contributed by atoms with Crippen LogP contribution in [-0.4, -0.2) is 22.4 Å². The Morgan fingerprint density at radius 1 is 1.38 bits per heavy atom. The van der Waals surface area contributed by atoms with E-state index >= 15 is 0 Å². The summed E-state index contributed by atoms with van der Waals surface area (Å²) in [6.07, 6.45) is -3.28. The molecule has 1 unspecified atom stereocenters. The molecule has 138 valence electrons. The smallest absolute Gasteiger partial charge is 0.416 e. The van der Waals surface area contributed by atoms with Crippen molar-refractivity contribution >= 4 is 23.4 Å².